The van der Waals surface area contributed by atoms with E-state index < -0.39 is 29.7 Å². The van der Waals surface area contributed by atoms with Gasteiger partial charge in [-0.1, -0.05) is 25.8 Å². The standard InChI is InChI=1S/C35H53N3O13/c1-2-3-4-8-31(40)51-26-25-50-24-23-49-22-21-48-20-19-47-18-17-46-16-15-45-14-13-44-12-11-36-28-7-5-6-27-32(28)35(43)38(34(27)42)29-9-10-30(39)37-33(29)41/h5-7,29,36H,2-4,8-26H2,1H3,(H,37,39,41). The molecule has 4 amide bonds. The summed E-state index contributed by atoms with van der Waals surface area (Å²) in [5.41, 5.74) is 0.902. The maximum Gasteiger partial charge on any atom is 0.305 e. The van der Waals surface area contributed by atoms with Crippen molar-refractivity contribution in [2.45, 2.75) is 51.5 Å². The van der Waals surface area contributed by atoms with Crippen LogP contribution in [0.15, 0.2) is 18.2 Å². The van der Waals surface area contributed by atoms with Crippen molar-refractivity contribution in [3.8, 4) is 0 Å². The second kappa shape index (κ2) is 25.4. The minimum Gasteiger partial charge on any atom is -0.463 e. The number of hydrogen-bond donors (Lipinski definition) is 2. The van der Waals surface area contributed by atoms with Gasteiger partial charge in [0.25, 0.3) is 11.8 Å². The number of anilines is 1. The van der Waals surface area contributed by atoms with Crippen molar-refractivity contribution >= 4 is 35.3 Å². The van der Waals surface area contributed by atoms with Gasteiger partial charge in [0.05, 0.1) is 104 Å². The van der Waals surface area contributed by atoms with Gasteiger partial charge < -0.3 is 43.2 Å². The van der Waals surface area contributed by atoms with E-state index in [1.165, 1.54) is 0 Å². The predicted molar refractivity (Wildman–Crippen MR) is 182 cm³/mol. The number of nitrogens with zero attached hydrogens (tertiary/aromatic N) is 1. The molecule has 2 aliphatic rings. The van der Waals surface area contributed by atoms with Crippen LogP contribution in [0.2, 0.25) is 0 Å². The van der Waals surface area contributed by atoms with Crippen molar-refractivity contribution in [2.24, 2.45) is 0 Å². The van der Waals surface area contributed by atoms with Crippen LogP contribution in [-0.2, 0) is 52.3 Å². The summed E-state index contributed by atoms with van der Waals surface area (Å²) in [6.07, 6.45) is 3.60. The van der Waals surface area contributed by atoms with Gasteiger partial charge in [-0.3, -0.25) is 34.2 Å². The average Bonchev–Trinajstić information content (AvgIpc) is 3.37. The van der Waals surface area contributed by atoms with Crippen LogP contribution in [0.3, 0.4) is 0 Å². The van der Waals surface area contributed by atoms with Crippen LogP contribution in [0, 0.1) is 0 Å². The zero-order valence-corrected chi connectivity index (χ0v) is 29.6. The Balaban J connectivity index is 1.06. The second-order valence-electron chi connectivity index (χ2n) is 11.6. The van der Waals surface area contributed by atoms with E-state index in [-0.39, 0.29) is 36.5 Å². The molecule has 1 aromatic rings. The molecule has 0 aliphatic carbocycles. The van der Waals surface area contributed by atoms with Gasteiger partial charge in [-0.2, -0.15) is 0 Å². The number of imide groups is 2. The first kappa shape index (κ1) is 41.9. The number of carbonyl (C=O) groups excluding carboxylic acids is 5. The largest absolute Gasteiger partial charge is 0.463 e. The van der Waals surface area contributed by atoms with E-state index >= 15 is 0 Å². The first-order valence-corrected chi connectivity index (χ1v) is 17.7. The topological polar surface area (TPSA) is 186 Å². The van der Waals surface area contributed by atoms with Gasteiger partial charge in [-0.05, 0) is 25.0 Å². The summed E-state index contributed by atoms with van der Waals surface area (Å²) in [5.74, 6) is -2.35. The third-order valence-electron chi connectivity index (χ3n) is 7.74. The smallest absolute Gasteiger partial charge is 0.305 e. The maximum absolute atomic E-state index is 13.1. The lowest BCUT2D eigenvalue weighted by Gasteiger charge is -2.27. The fourth-order valence-electron chi connectivity index (χ4n) is 5.15. The van der Waals surface area contributed by atoms with Crippen molar-refractivity contribution in [2.75, 3.05) is 111 Å². The van der Waals surface area contributed by atoms with Crippen LogP contribution >= 0.6 is 0 Å². The molecule has 0 bridgehead atoms. The number of carbonyl (C=O) groups is 5. The Labute approximate surface area is 299 Å². The summed E-state index contributed by atoms with van der Waals surface area (Å²) >= 11 is 0. The fraction of sp³-hybridized carbons (Fsp3) is 0.686. The highest BCUT2D eigenvalue weighted by atomic mass is 16.6. The Morgan fingerprint density at radius 1 is 0.725 bits per heavy atom. The minimum absolute atomic E-state index is 0.0650. The first-order chi connectivity index (χ1) is 24.9. The summed E-state index contributed by atoms with van der Waals surface area (Å²) in [6.45, 7) is 8.61. The lowest BCUT2D eigenvalue weighted by atomic mass is 10.0. The number of ether oxygens (including phenoxy) is 8. The molecule has 2 N–H and O–H groups in total. The van der Waals surface area contributed by atoms with Crippen LogP contribution in [0.4, 0.5) is 5.69 Å². The van der Waals surface area contributed by atoms with Gasteiger partial charge in [0.1, 0.15) is 12.6 Å². The minimum atomic E-state index is -1.01. The number of esters is 1. The number of piperidine rings is 1. The third kappa shape index (κ3) is 15.7. The molecule has 0 radical (unpaired) electrons. The van der Waals surface area contributed by atoms with Crippen molar-refractivity contribution in [1.29, 1.82) is 0 Å². The molecule has 16 nitrogen and oxygen atoms in total. The fourth-order valence-corrected chi connectivity index (χ4v) is 5.15. The molecule has 2 aliphatic heterocycles. The van der Waals surface area contributed by atoms with Crippen molar-refractivity contribution in [3.63, 3.8) is 0 Å². The highest BCUT2D eigenvalue weighted by Gasteiger charge is 2.45. The zero-order chi connectivity index (χ0) is 36.5. The molecule has 1 atom stereocenters. The van der Waals surface area contributed by atoms with Crippen LogP contribution in [-0.4, -0.2) is 146 Å². The number of hydrogen-bond acceptors (Lipinski definition) is 14. The highest BCUT2D eigenvalue weighted by Crippen LogP contribution is 2.32. The summed E-state index contributed by atoms with van der Waals surface area (Å²) < 4.78 is 43.4. The summed E-state index contributed by atoms with van der Waals surface area (Å²) in [4.78, 5) is 62.3. The van der Waals surface area contributed by atoms with Crippen molar-refractivity contribution < 1.29 is 61.9 Å². The molecule has 1 aromatic carbocycles. The Kier molecular flexibility index (Phi) is 20.9. The third-order valence-corrected chi connectivity index (χ3v) is 7.74. The lowest BCUT2D eigenvalue weighted by Crippen LogP contribution is -2.54. The van der Waals surface area contributed by atoms with E-state index in [1.54, 1.807) is 18.2 Å². The molecule has 286 valence electrons. The number of unbranched alkanes of at least 4 members (excludes halogenated alkanes) is 2. The SMILES string of the molecule is CCCCCC(=O)OCCOCCOCCOCCOCCOCCOCCOCCNc1cccc2c1C(=O)N(C1CCC(=O)NC1=O)C2=O. The molecule has 0 saturated carbocycles. The van der Waals surface area contributed by atoms with Gasteiger partial charge in [0.2, 0.25) is 11.8 Å². The predicted octanol–water partition coefficient (Wildman–Crippen LogP) is 1.74. The monoisotopic (exact) mass is 723 g/mol. The molecule has 51 heavy (non-hydrogen) atoms. The number of rotatable bonds is 30. The summed E-state index contributed by atoms with van der Waals surface area (Å²) in [6, 6.07) is 3.90. The quantitative estimate of drug-likeness (QED) is 0.0664. The second-order valence-corrected chi connectivity index (χ2v) is 11.6. The number of nitrogens with one attached hydrogen (secondary N) is 2. The molecule has 2 heterocycles. The van der Waals surface area contributed by atoms with Gasteiger partial charge >= 0.3 is 5.97 Å². The van der Waals surface area contributed by atoms with E-state index in [9.17, 15) is 24.0 Å². The summed E-state index contributed by atoms with van der Waals surface area (Å²) in [7, 11) is 0. The molecule has 1 unspecified atom stereocenters. The van der Waals surface area contributed by atoms with Crippen LogP contribution in [0.5, 0.6) is 0 Å². The van der Waals surface area contributed by atoms with Crippen LogP contribution in [0.1, 0.15) is 66.2 Å². The Hall–Kier alpha value is -3.51. The van der Waals surface area contributed by atoms with Gasteiger partial charge in [0.15, 0.2) is 0 Å². The molecule has 1 saturated heterocycles. The first-order valence-electron chi connectivity index (χ1n) is 17.7. The normalized spacial score (nSPS) is 15.7. The van der Waals surface area contributed by atoms with Gasteiger partial charge in [-0.15, -0.1) is 0 Å². The maximum atomic E-state index is 13.1. The highest BCUT2D eigenvalue weighted by molar-refractivity contribution is 6.25. The average molecular weight is 724 g/mol. The number of amides is 4. The van der Waals surface area contributed by atoms with Crippen LogP contribution < -0.4 is 10.6 Å². The van der Waals surface area contributed by atoms with E-state index in [2.05, 4.69) is 17.6 Å². The summed E-state index contributed by atoms with van der Waals surface area (Å²) in [5, 5.41) is 5.32. The van der Waals surface area contributed by atoms with E-state index in [4.69, 9.17) is 37.9 Å². The van der Waals surface area contributed by atoms with Gasteiger partial charge in [-0.25, -0.2) is 0 Å². The molecule has 0 aromatic heterocycles. The molecule has 1 fully saturated rings. The molecular formula is C35H53N3O13. The van der Waals surface area contributed by atoms with E-state index in [0.29, 0.717) is 111 Å². The number of benzene rings is 1. The van der Waals surface area contributed by atoms with Crippen LogP contribution in [0.25, 0.3) is 0 Å². The Morgan fingerprint density at radius 3 is 1.78 bits per heavy atom. The molecule has 16 heteroatoms. The molecule has 0 spiro atoms. The van der Waals surface area contributed by atoms with Crippen molar-refractivity contribution in [1.82, 2.24) is 10.2 Å². The van der Waals surface area contributed by atoms with E-state index in [0.717, 1.165) is 24.2 Å². The van der Waals surface area contributed by atoms with Crippen molar-refractivity contribution in [3.05, 3.63) is 29.3 Å². The van der Waals surface area contributed by atoms with E-state index in [1.807, 2.05) is 0 Å². The lowest BCUT2D eigenvalue weighted by molar-refractivity contribution is -0.145. The molecular weight excluding hydrogens is 670 g/mol. The molecule has 3 rings (SSSR count). The van der Waals surface area contributed by atoms with Gasteiger partial charge in [0, 0.05) is 25.1 Å². The zero-order valence-electron chi connectivity index (χ0n) is 29.6. The number of fused-ring (bicyclic) bond motifs is 1. The Morgan fingerprint density at radius 2 is 1.25 bits per heavy atom. The Bertz CT molecular complexity index is 1230.